The average molecular weight is 416 g/mol. The van der Waals surface area contributed by atoms with Crippen LogP contribution < -0.4 is 5.32 Å². The molecule has 0 saturated carbocycles. The van der Waals surface area contributed by atoms with Crippen LogP contribution in [0.4, 0.5) is 4.39 Å². The van der Waals surface area contributed by atoms with Crippen molar-refractivity contribution < 1.29 is 14.3 Å². The first-order valence-electron chi connectivity index (χ1n) is 9.87. The fraction of sp³-hybridized carbons (Fsp3) is 0.125. The highest BCUT2D eigenvalue weighted by molar-refractivity contribution is 6.01. The predicted octanol–water partition coefficient (Wildman–Crippen LogP) is 3.61. The van der Waals surface area contributed by atoms with E-state index >= 15 is 0 Å². The van der Waals surface area contributed by atoms with Crippen molar-refractivity contribution in [3.05, 3.63) is 96.1 Å². The summed E-state index contributed by atoms with van der Waals surface area (Å²) in [6.07, 6.45) is 2.01. The Morgan fingerprint density at radius 1 is 1.06 bits per heavy atom. The van der Waals surface area contributed by atoms with Crippen LogP contribution in [0.1, 0.15) is 16.1 Å². The van der Waals surface area contributed by atoms with Crippen LogP contribution >= 0.6 is 0 Å². The summed E-state index contributed by atoms with van der Waals surface area (Å²) >= 11 is 0. The number of nitrogens with zero attached hydrogens (tertiary/aromatic N) is 2. The highest BCUT2D eigenvalue weighted by atomic mass is 19.1. The van der Waals surface area contributed by atoms with E-state index in [1.165, 1.54) is 12.1 Å². The van der Waals surface area contributed by atoms with Gasteiger partial charge in [0.15, 0.2) is 0 Å². The Labute approximate surface area is 178 Å². The molecule has 4 rings (SSSR count). The SMILES string of the molecule is O=C(N[C@@H](CO)Cc1ccccn1)c1cccc(F)c1-c1cc(-c2ccccc2)n[nH]1. The maximum Gasteiger partial charge on any atom is 0.252 e. The molecule has 0 saturated heterocycles. The Kier molecular flexibility index (Phi) is 6.14. The van der Waals surface area contributed by atoms with Crippen LogP contribution in [0.3, 0.4) is 0 Å². The standard InChI is InChI=1S/C24H21FN4O2/c25-20-11-6-10-19(24(31)27-18(15-30)13-17-9-4-5-12-26-17)23(20)22-14-21(28-29-22)16-7-2-1-3-8-16/h1-12,14,18,30H,13,15H2,(H,27,31)(H,28,29)/t18-/m1/s1. The van der Waals surface area contributed by atoms with E-state index in [1.807, 2.05) is 42.5 Å². The van der Waals surface area contributed by atoms with Gasteiger partial charge in [0.25, 0.3) is 5.91 Å². The van der Waals surface area contributed by atoms with E-state index in [1.54, 1.807) is 24.4 Å². The zero-order chi connectivity index (χ0) is 21.6. The molecule has 2 heterocycles. The van der Waals surface area contributed by atoms with Crippen molar-refractivity contribution in [3.63, 3.8) is 0 Å². The molecule has 31 heavy (non-hydrogen) atoms. The van der Waals surface area contributed by atoms with Gasteiger partial charge in [0.05, 0.1) is 29.6 Å². The number of halogens is 1. The summed E-state index contributed by atoms with van der Waals surface area (Å²) in [6, 6.07) is 20.4. The quantitative estimate of drug-likeness (QED) is 0.429. The molecule has 3 N–H and O–H groups in total. The van der Waals surface area contributed by atoms with Crippen LogP contribution in [0.15, 0.2) is 79.0 Å². The first kappa shape index (κ1) is 20.4. The molecule has 1 amide bonds. The van der Waals surface area contributed by atoms with Gasteiger partial charge in [0.1, 0.15) is 5.82 Å². The molecule has 0 unspecified atom stereocenters. The molecule has 0 aliphatic carbocycles. The van der Waals surface area contributed by atoms with Crippen molar-refractivity contribution >= 4 is 5.91 Å². The molecule has 0 fully saturated rings. The van der Waals surface area contributed by atoms with Crippen molar-refractivity contribution in [3.8, 4) is 22.5 Å². The fourth-order valence-corrected chi connectivity index (χ4v) is 3.39. The van der Waals surface area contributed by atoms with Crippen molar-refractivity contribution in [1.29, 1.82) is 0 Å². The minimum absolute atomic E-state index is 0.129. The number of nitrogens with one attached hydrogen (secondary N) is 2. The van der Waals surface area contributed by atoms with Gasteiger partial charge < -0.3 is 10.4 Å². The monoisotopic (exact) mass is 416 g/mol. The van der Waals surface area contributed by atoms with Crippen molar-refractivity contribution in [2.24, 2.45) is 0 Å². The van der Waals surface area contributed by atoms with E-state index < -0.39 is 17.8 Å². The molecule has 6 nitrogen and oxygen atoms in total. The molecule has 1 atom stereocenters. The van der Waals surface area contributed by atoms with Crippen LogP contribution in [0, 0.1) is 5.82 Å². The Bertz CT molecular complexity index is 1160. The van der Waals surface area contributed by atoms with Crippen molar-refractivity contribution in [2.45, 2.75) is 12.5 Å². The molecular formula is C24H21FN4O2. The Morgan fingerprint density at radius 2 is 1.87 bits per heavy atom. The van der Waals surface area contributed by atoms with Gasteiger partial charge >= 0.3 is 0 Å². The summed E-state index contributed by atoms with van der Waals surface area (Å²) in [7, 11) is 0. The van der Waals surface area contributed by atoms with Gasteiger partial charge in [-0.25, -0.2) is 4.39 Å². The highest BCUT2D eigenvalue weighted by Crippen LogP contribution is 2.29. The lowest BCUT2D eigenvalue weighted by Gasteiger charge is -2.17. The average Bonchev–Trinajstić information content (AvgIpc) is 3.29. The van der Waals surface area contributed by atoms with Gasteiger partial charge in [-0.2, -0.15) is 5.10 Å². The predicted molar refractivity (Wildman–Crippen MR) is 116 cm³/mol. The minimum Gasteiger partial charge on any atom is -0.394 e. The summed E-state index contributed by atoms with van der Waals surface area (Å²) in [5, 5.41) is 19.6. The lowest BCUT2D eigenvalue weighted by molar-refractivity contribution is 0.0916. The maximum absolute atomic E-state index is 14.8. The van der Waals surface area contributed by atoms with Gasteiger partial charge in [-0.1, -0.05) is 42.5 Å². The zero-order valence-corrected chi connectivity index (χ0v) is 16.6. The summed E-state index contributed by atoms with van der Waals surface area (Å²) in [5.74, 6) is -1.03. The van der Waals surface area contributed by atoms with Gasteiger partial charge in [-0.15, -0.1) is 0 Å². The summed E-state index contributed by atoms with van der Waals surface area (Å²) in [5.41, 5.74) is 2.94. The second-order valence-corrected chi connectivity index (χ2v) is 7.07. The molecule has 2 aromatic heterocycles. The van der Waals surface area contributed by atoms with Crippen LogP contribution in [0.2, 0.25) is 0 Å². The number of aliphatic hydroxyl groups excluding tert-OH is 1. The van der Waals surface area contributed by atoms with Gasteiger partial charge in [0, 0.05) is 29.4 Å². The van der Waals surface area contributed by atoms with Crippen LogP contribution in [0.25, 0.3) is 22.5 Å². The van der Waals surface area contributed by atoms with Crippen molar-refractivity contribution in [2.75, 3.05) is 6.61 Å². The van der Waals surface area contributed by atoms with E-state index in [2.05, 4.69) is 20.5 Å². The molecule has 156 valence electrons. The molecule has 2 aromatic carbocycles. The highest BCUT2D eigenvalue weighted by Gasteiger charge is 2.21. The number of amides is 1. The Balaban J connectivity index is 1.60. The van der Waals surface area contributed by atoms with E-state index in [-0.39, 0.29) is 17.7 Å². The number of carbonyl (C=O) groups excluding carboxylic acids is 1. The van der Waals surface area contributed by atoms with E-state index in [9.17, 15) is 14.3 Å². The molecular weight excluding hydrogens is 395 g/mol. The lowest BCUT2D eigenvalue weighted by Crippen LogP contribution is -2.39. The summed E-state index contributed by atoms with van der Waals surface area (Å²) < 4.78 is 14.8. The number of pyridine rings is 1. The molecule has 0 bridgehead atoms. The van der Waals surface area contributed by atoms with Crippen molar-refractivity contribution in [1.82, 2.24) is 20.5 Å². The van der Waals surface area contributed by atoms with E-state index in [4.69, 9.17) is 0 Å². The molecule has 4 aromatic rings. The molecule has 0 radical (unpaired) electrons. The molecule has 0 aliphatic rings. The first-order valence-corrected chi connectivity index (χ1v) is 9.87. The van der Waals surface area contributed by atoms with Crippen LogP contribution in [-0.4, -0.2) is 38.8 Å². The van der Waals surface area contributed by atoms with Gasteiger partial charge in [0.2, 0.25) is 0 Å². The second kappa shape index (κ2) is 9.32. The number of rotatable bonds is 7. The number of aliphatic hydroxyl groups is 1. The first-order chi connectivity index (χ1) is 15.2. The third-order valence-electron chi connectivity index (χ3n) is 4.91. The van der Waals surface area contributed by atoms with Gasteiger partial charge in [-0.3, -0.25) is 14.9 Å². The van der Waals surface area contributed by atoms with E-state index in [0.717, 1.165) is 11.3 Å². The third kappa shape index (κ3) is 4.67. The number of carbonyl (C=O) groups is 1. The normalized spacial score (nSPS) is 11.8. The topological polar surface area (TPSA) is 90.9 Å². The fourth-order valence-electron chi connectivity index (χ4n) is 3.39. The molecule has 0 spiro atoms. The number of hydrogen-bond acceptors (Lipinski definition) is 4. The number of aromatic nitrogens is 3. The van der Waals surface area contributed by atoms with Crippen LogP contribution in [-0.2, 0) is 6.42 Å². The maximum atomic E-state index is 14.8. The Hall–Kier alpha value is -3.84. The number of hydrogen-bond donors (Lipinski definition) is 3. The lowest BCUT2D eigenvalue weighted by atomic mass is 10.0. The van der Waals surface area contributed by atoms with Crippen LogP contribution in [0.5, 0.6) is 0 Å². The molecule has 7 heteroatoms. The number of H-pyrrole nitrogens is 1. The summed E-state index contributed by atoms with van der Waals surface area (Å²) in [4.78, 5) is 17.2. The Morgan fingerprint density at radius 3 is 2.61 bits per heavy atom. The third-order valence-corrected chi connectivity index (χ3v) is 4.91. The minimum atomic E-state index is -0.555. The second-order valence-electron chi connectivity index (χ2n) is 7.07. The number of benzene rings is 2. The smallest absolute Gasteiger partial charge is 0.252 e. The zero-order valence-electron chi connectivity index (χ0n) is 16.6. The molecule has 0 aliphatic heterocycles. The largest absolute Gasteiger partial charge is 0.394 e. The van der Waals surface area contributed by atoms with E-state index in [0.29, 0.717) is 17.8 Å². The van der Waals surface area contributed by atoms with Gasteiger partial charge in [-0.05, 0) is 30.3 Å². The number of aromatic amines is 1. The summed E-state index contributed by atoms with van der Waals surface area (Å²) in [6.45, 7) is -0.269.